The fourth-order valence-corrected chi connectivity index (χ4v) is 8.93. The summed E-state index contributed by atoms with van der Waals surface area (Å²) in [5.41, 5.74) is 0. The maximum Gasteiger partial charge on any atom is 0.220 e. The van der Waals surface area contributed by atoms with Crippen molar-refractivity contribution in [3.05, 3.63) is 0 Å². The Morgan fingerprint density at radius 1 is 0.492 bits per heavy atom. The van der Waals surface area contributed by atoms with Crippen molar-refractivity contribution >= 4 is 5.91 Å². The van der Waals surface area contributed by atoms with E-state index in [1.807, 2.05) is 0 Å². The third kappa shape index (κ3) is 33.3. The van der Waals surface area contributed by atoms with Crippen LogP contribution in [0.1, 0.15) is 271 Å². The van der Waals surface area contributed by atoms with Gasteiger partial charge < -0.3 is 40.3 Å². The third-order valence-corrected chi connectivity index (χ3v) is 13.2. The minimum Gasteiger partial charge on any atom is -0.394 e. The minimum atomic E-state index is -1.55. The Balaban J connectivity index is 2.19. The summed E-state index contributed by atoms with van der Waals surface area (Å²) in [4.78, 5) is 13.0. The number of hydrogen-bond acceptors (Lipinski definition) is 8. The second kappa shape index (κ2) is 43.1. The van der Waals surface area contributed by atoms with Crippen LogP contribution in [0.4, 0.5) is 0 Å². The van der Waals surface area contributed by atoms with Gasteiger partial charge in [-0.05, 0) is 12.8 Å². The molecule has 0 radical (unpaired) electrons. The summed E-state index contributed by atoms with van der Waals surface area (Å²) in [5.74, 6) is -0.140. The molecule has 1 aliphatic heterocycles. The first kappa shape index (κ1) is 58.2. The van der Waals surface area contributed by atoms with Crippen molar-refractivity contribution in [2.45, 2.75) is 314 Å². The average Bonchev–Trinajstić information content (AvgIpc) is 3.26. The van der Waals surface area contributed by atoms with E-state index in [4.69, 9.17) is 9.47 Å². The van der Waals surface area contributed by atoms with E-state index in [2.05, 4.69) is 19.2 Å². The molecule has 6 N–H and O–H groups in total. The number of ether oxygens (including phenoxy) is 2. The van der Waals surface area contributed by atoms with Gasteiger partial charge in [-0.3, -0.25) is 4.79 Å². The molecular formula is C52H103NO8. The molecule has 1 amide bonds. The Kier molecular flexibility index (Phi) is 41.1. The number of aliphatic hydroxyl groups excluding tert-OH is 5. The van der Waals surface area contributed by atoms with Crippen LogP contribution in [0.2, 0.25) is 0 Å². The highest BCUT2D eigenvalue weighted by atomic mass is 16.7. The Bertz CT molecular complexity index is 924. The van der Waals surface area contributed by atoms with Gasteiger partial charge in [-0.25, -0.2) is 0 Å². The SMILES string of the molecule is CCCCCCCCCCCCCCCCCCCCCCCCCCCC(O)C(COC1OC(CO)C(O)C(O)C1O)NC(=O)CCCCCCCCCCCCCCC. The molecule has 0 spiro atoms. The van der Waals surface area contributed by atoms with E-state index >= 15 is 0 Å². The molecule has 7 atom stereocenters. The predicted molar refractivity (Wildman–Crippen MR) is 254 cm³/mol. The van der Waals surface area contributed by atoms with Gasteiger partial charge in [0.25, 0.3) is 0 Å². The molecule has 1 fully saturated rings. The first-order valence-electron chi connectivity index (χ1n) is 26.7. The molecular weight excluding hydrogens is 767 g/mol. The quantitative estimate of drug-likeness (QED) is 0.0331. The monoisotopic (exact) mass is 870 g/mol. The number of rotatable bonds is 46. The maximum atomic E-state index is 13.0. The van der Waals surface area contributed by atoms with Crippen LogP contribution in [-0.2, 0) is 14.3 Å². The van der Waals surface area contributed by atoms with Crippen LogP contribution < -0.4 is 5.32 Å². The molecule has 1 saturated heterocycles. The van der Waals surface area contributed by atoms with Crippen molar-refractivity contribution in [1.29, 1.82) is 0 Å². The topological polar surface area (TPSA) is 149 Å². The smallest absolute Gasteiger partial charge is 0.220 e. The van der Waals surface area contributed by atoms with Crippen molar-refractivity contribution in [2.75, 3.05) is 13.2 Å². The van der Waals surface area contributed by atoms with Gasteiger partial charge in [0.15, 0.2) is 6.29 Å². The molecule has 0 saturated carbocycles. The van der Waals surface area contributed by atoms with Crippen LogP contribution in [0, 0.1) is 0 Å². The molecule has 1 heterocycles. The standard InChI is InChI=1S/C52H103NO8/c1-3-5-7-9-11-13-15-17-18-19-20-21-22-23-24-25-26-27-28-30-31-33-35-37-39-41-46(55)45(44-60-52-51(59)50(58)49(57)47(43-54)61-52)53-48(56)42-40-38-36-34-32-29-16-14-12-10-8-6-4-2/h45-47,49-52,54-55,57-59H,3-44H2,1-2H3,(H,53,56). The van der Waals surface area contributed by atoms with Gasteiger partial charge in [-0.1, -0.05) is 251 Å². The molecule has 7 unspecified atom stereocenters. The van der Waals surface area contributed by atoms with E-state index in [1.165, 1.54) is 205 Å². The zero-order valence-electron chi connectivity index (χ0n) is 40.2. The Hall–Kier alpha value is -0.810. The lowest BCUT2D eigenvalue weighted by Gasteiger charge is -2.40. The van der Waals surface area contributed by atoms with Crippen molar-refractivity contribution in [1.82, 2.24) is 5.32 Å². The van der Waals surface area contributed by atoms with Gasteiger partial charge in [0.2, 0.25) is 5.91 Å². The number of amides is 1. The molecule has 0 bridgehead atoms. The molecule has 0 aromatic rings. The van der Waals surface area contributed by atoms with Gasteiger partial charge in [0.05, 0.1) is 25.4 Å². The molecule has 0 aromatic heterocycles. The Morgan fingerprint density at radius 2 is 0.820 bits per heavy atom. The molecule has 9 heteroatoms. The van der Waals surface area contributed by atoms with Gasteiger partial charge in [-0.2, -0.15) is 0 Å². The van der Waals surface area contributed by atoms with E-state index in [0.717, 1.165) is 38.5 Å². The number of nitrogens with one attached hydrogen (secondary N) is 1. The fraction of sp³-hybridized carbons (Fsp3) is 0.981. The second-order valence-electron chi connectivity index (χ2n) is 19.0. The fourth-order valence-electron chi connectivity index (χ4n) is 8.93. The largest absolute Gasteiger partial charge is 0.394 e. The lowest BCUT2D eigenvalue weighted by molar-refractivity contribution is -0.302. The highest BCUT2D eigenvalue weighted by Gasteiger charge is 2.44. The molecule has 1 rings (SSSR count). The highest BCUT2D eigenvalue weighted by molar-refractivity contribution is 5.76. The van der Waals surface area contributed by atoms with Gasteiger partial charge >= 0.3 is 0 Å². The summed E-state index contributed by atoms with van der Waals surface area (Å²) in [7, 11) is 0. The maximum absolute atomic E-state index is 13.0. The summed E-state index contributed by atoms with van der Waals surface area (Å²) in [6, 6.07) is -0.712. The van der Waals surface area contributed by atoms with Crippen molar-refractivity contribution in [2.24, 2.45) is 0 Å². The van der Waals surface area contributed by atoms with E-state index in [-0.39, 0.29) is 12.5 Å². The second-order valence-corrected chi connectivity index (χ2v) is 19.0. The molecule has 9 nitrogen and oxygen atoms in total. The summed E-state index contributed by atoms with van der Waals surface area (Å²) >= 11 is 0. The number of carbonyl (C=O) groups is 1. The summed E-state index contributed by atoms with van der Waals surface area (Å²) < 4.78 is 11.3. The Labute approximate surface area is 376 Å². The van der Waals surface area contributed by atoms with Crippen molar-refractivity contribution < 1.29 is 39.8 Å². The van der Waals surface area contributed by atoms with Gasteiger partial charge in [-0.15, -0.1) is 0 Å². The molecule has 1 aliphatic rings. The summed E-state index contributed by atoms with van der Waals surface area (Å²) in [6.07, 6.45) is 42.7. The van der Waals surface area contributed by atoms with E-state index in [0.29, 0.717) is 12.8 Å². The Morgan fingerprint density at radius 3 is 1.16 bits per heavy atom. The van der Waals surface area contributed by atoms with Crippen LogP contribution in [0.25, 0.3) is 0 Å². The lowest BCUT2D eigenvalue weighted by atomic mass is 9.99. The molecule has 0 aliphatic carbocycles. The van der Waals surface area contributed by atoms with E-state index < -0.39 is 49.5 Å². The van der Waals surface area contributed by atoms with E-state index in [9.17, 15) is 30.3 Å². The molecule has 0 aromatic carbocycles. The van der Waals surface area contributed by atoms with Crippen LogP contribution in [-0.4, -0.2) is 87.5 Å². The van der Waals surface area contributed by atoms with Crippen molar-refractivity contribution in [3.63, 3.8) is 0 Å². The first-order chi connectivity index (χ1) is 29.8. The average molecular weight is 870 g/mol. The first-order valence-corrected chi connectivity index (χ1v) is 26.7. The zero-order valence-corrected chi connectivity index (χ0v) is 40.2. The highest BCUT2D eigenvalue weighted by Crippen LogP contribution is 2.23. The molecule has 364 valence electrons. The minimum absolute atomic E-state index is 0.131. The van der Waals surface area contributed by atoms with Crippen LogP contribution in [0.15, 0.2) is 0 Å². The summed E-state index contributed by atoms with van der Waals surface area (Å²) in [5, 5.41) is 54.5. The van der Waals surface area contributed by atoms with Crippen LogP contribution >= 0.6 is 0 Å². The molecule has 61 heavy (non-hydrogen) atoms. The zero-order chi connectivity index (χ0) is 44.4. The van der Waals surface area contributed by atoms with Crippen LogP contribution in [0.5, 0.6) is 0 Å². The normalized spacial score (nSPS) is 20.3. The third-order valence-electron chi connectivity index (χ3n) is 13.2. The lowest BCUT2D eigenvalue weighted by Crippen LogP contribution is -2.60. The van der Waals surface area contributed by atoms with Gasteiger partial charge in [0, 0.05) is 6.42 Å². The number of unbranched alkanes of at least 4 members (excludes halogenated alkanes) is 36. The number of hydrogen-bond donors (Lipinski definition) is 6. The number of aliphatic hydroxyl groups is 5. The van der Waals surface area contributed by atoms with E-state index in [1.54, 1.807) is 0 Å². The van der Waals surface area contributed by atoms with Crippen molar-refractivity contribution in [3.8, 4) is 0 Å². The van der Waals surface area contributed by atoms with Crippen LogP contribution in [0.3, 0.4) is 0 Å². The summed E-state index contributed by atoms with van der Waals surface area (Å²) in [6.45, 7) is 3.86. The predicted octanol–water partition coefficient (Wildman–Crippen LogP) is 12.3. The van der Waals surface area contributed by atoms with Gasteiger partial charge in [0.1, 0.15) is 24.4 Å². The number of carbonyl (C=O) groups excluding carboxylic acids is 1.